The van der Waals surface area contributed by atoms with E-state index in [0.717, 1.165) is 5.56 Å². The highest BCUT2D eigenvalue weighted by Crippen LogP contribution is 2.33. The van der Waals surface area contributed by atoms with E-state index in [0.29, 0.717) is 0 Å². The van der Waals surface area contributed by atoms with E-state index in [2.05, 4.69) is 0 Å². The van der Waals surface area contributed by atoms with Gasteiger partial charge in [0.15, 0.2) is 0 Å². The van der Waals surface area contributed by atoms with Crippen molar-refractivity contribution in [1.82, 2.24) is 0 Å². The van der Waals surface area contributed by atoms with Gasteiger partial charge >= 0.3 is 8.60 Å². The Kier molecular flexibility index (Phi) is 9.10. The highest BCUT2D eigenvalue weighted by Gasteiger charge is 2.13. The van der Waals surface area contributed by atoms with Crippen LogP contribution in [-0.2, 0) is 4.52 Å². The summed E-state index contributed by atoms with van der Waals surface area (Å²) in [6, 6.07) is 9.42. The molecule has 0 saturated carbocycles. The summed E-state index contributed by atoms with van der Waals surface area (Å²) >= 11 is 0. The van der Waals surface area contributed by atoms with Gasteiger partial charge < -0.3 is 24.5 Å². The third-order valence-corrected chi connectivity index (χ3v) is 2.88. The number of aliphatic hydroxyl groups is 2. The minimum Gasteiger partial charge on any atom is -0.396 e. The summed E-state index contributed by atoms with van der Waals surface area (Å²) < 4.78 is 4.81. The molecule has 0 saturated heterocycles. The van der Waals surface area contributed by atoms with Crippen LogP contribution >= 0.6 is 8.60 Å². The molecule has 0 aliphatic rings. The lowest BCUT2D eigenvalue weighted by Gasteiger charge is -2.16. The molecule has 0 bridgehead atoms. The molecule has 1 atom stereocenters. The summed E-state index contributed by atoms with van der Waals surface area (Å²) in [5, 5.41) is 16.9. The first-order valence-corrected chi connectivity index (χ1v) is 7.10. The van der Waals surface area contributed by atoms with Crippen molar-refractivity contribution in [1.29, 1.82) is 0 Å². The second-order valence-electron chi connectivity index (χ2n) is 4.89. The van der Waals surface area contributed by atoms with Gasteiger partial charge in [-0.1, -0.05) is 44.2 Å². The van der Waals surface area contributed by atoms with E-state index in [1.54, 1.807) is 20.8 Å². The van der Waals surface area contributed by atoms with E-state index < -0.39 is 8.60 Å². The van der Waals surface area contributed by atoms with Gasteiger partial charge in [0.05, 0.1) is 19.3 Å². The quantitative estimate of drug-likeness (QED) is 0.623. The molecule has 0 spiro atoms. The van der Waals surface area contributed by atoms with Gasteiger partial charge in [-0.2, -0.15) is 0 Å². The van der Waals surface area contributed by atoms with Crippen LogP contribution in [-0.4, -0.2) is 33.2 Å². The Bertz CT molecular complexity index is 323. The normalized spacial score (nSPS) is 12.8. The molecule has 0 fully saturated rings. The summed E-state index contributed by atoms with van der Waals surface area (Å²) in [7, 11) is -2.26. The number of rotatable bonds is 5. The zero-order valence-corrected chi connectivity index (χ0v) is 12.4. The maximum absolute atomic E-state index is 8.58. The van der Waals surface area contributed by atoms with Crippen molar-refractivity contribution in [3.63, 3.8) is 0 Å². The maximum atomic E-state index is 8.58. The predicted octanol–water partition coefficient (Wildman–Crippen LogP) is 1.97. The van der Waals surface area contributed by atoms with Crippen LogP contribution < -0.4 is 0 Å². The lowest BCUT2D eigenvalue weighted by molar-refractivity contribution is 0.0857. The number of benzene rings is 1. The van der Waals surface area contributed by atoms with E-state index in [1.807, 2.05) is 30.3 Å². The minimum atomic E-state index is -2.26. The van der Waals surface area contributed by atoms with Crippen molar-refractivity contribution in [2.24, 2.45) is 5.41 Å². The molecule has 6 heteroatoms. The van der Waals surface area contributed by atoms with E-state index in [4.69, 9.17) is 24.5 Å². The molecule has 1 aromatic rings. The first kappa shape index (κ1) is 18.4. The average Bonchev–Trinajstić information content (AvgIpc) is 2.40. The number of hydrogen-bond donors (Lipinski definition) is 4. The fourth-order valence-corrected chi connectivity index (χ4v) is 1.38. The fraction of sp³-hybridized carbons (Fsp3) is 0.538. The molecule has 19 heavy (non-hydrogen) atoms. The van der Waals surface area contributed by atoms with Crippen molar-refractivity contribution in [2.75, 3.05) is 13.2 Å². The Morgan fingerprint density at radius 2 is 1.58 bits per heavy atom. The average molecular weight is 290 g/mol. The van der Waals surface area contributed by atoms with E-state index >= 15 is 0 Å². The van der Waals surface area contributed by atoms with Gasteiger partial charge in [-0.15, -0.1) is 0 Å². The summed E-state index contributed by atoms with van der Waals surface area (Å²) in [6.07, 6.45) is -0.271. The third kappa shape index (κ3) is 9.05. The Labute approximate surface area is 115 Å². The molecule has 0 aromatic heterocycles. The predicted molar refractivity (Wildman–Crippen MR) is 75.3 cm³/mol. The molecule has 0 aliphatic carbocycles. The fourth-order valence-electron chi connectivity index (χ4n) is 0.976. The van der Waals surface area contributed by atoms with Crippen LogP contribution in [0.1, 0.15) is 32.4 Å². The topological polar surface area (TPSA) is 90.2 Å². The van der Waals surface area contributed by atoms with Crippen LogP contribution in [0.5, 0.6) is 0 Å². The summed E-state index contributed by atoms with van der Waals surface area (Å²) in [5.74, 6) is 0. The Morgan fingerprint density at radius 1 is 1.11 bits per heavy atom. The minimum absolute atomic E-state index is 0.0451. The van der Waals surface area contributed by atoms with Crippen LogP contribution in [0.3, 0.4) is 0 Å². The first-order valence-electron chi connectivity index (χ1n) is 5.93. The van der Waals surface area contributed by atoms with Crippen LogP contribution in [0.15, 0.2) is 30.3 Å². The largest absolute Gasteiger partial charge is 0.396 e. The highest BCUT2D eigenvalue weighted by molar-refractivity contribution is 7.39. The molecular formula is C13H23O5P. The van der Waals surface area contributed by atoms with Gasteiger partial charge in [0.2, 0.25) is 0 Å². The van der Waals surface area contributed by atoms with Crippen LogP contribution in [0.4, 0.5) is 0 Å². The Morgan fingerprint density at radius 3 is 1.89 bits per heavy atom. The summed E-state index contributed by atoms with van der Waals surface area (Å²) in [5.41, 5.74) is 0.633. The van der Waals surface area contributed by atoms with Crippen LogP contribution in [0.2, 0.25) is 0 Å². The molecule has 0 heterocycles. The summed E-state index contributed by atoms with van der Waals surface area (Å²) in [6.45, 7) is 5.46. The van der Waals surface area contributed by atoms with Gasteiger partial charge in [0.25, 0.3) is 0 Å². The van der Waals surface area contributed by atoms with Crippen molar-refractivity contribution in [2.45, 2.75) is 26.9 Å². The molecule has 0 radical (unpaired) electrons. The molecule has 1 unspecified atom stereocenters. The molecular weight excluding hydrogens is 267 g/mol. The second kappa shape index (κ2) is 9.37. The van der Waals surface area contributed by atoms with Crippen molar-refractivity contribution in [3.05, 3.63) is 35.9 Å². The van der Waals surface area contributed by atoms with Gasteiger partial charge in [-0.25, -0.2) is 0 Å². The zero-order chi connectivity index (χ0) is 14.9. The van der Waals surface area contributed by atoms with E-state index in [1.165, 1.54) is 0 Å². The molecule has 4 N–H and O–H groups in total. The monoisotopic (exact) mass is 290 g/mol. The van der Waals surface area contributed by atoms with Gasteiger partial charge in [0, 0.05) is 5.41 Å². The summed E-state index contributed by atoms with van der Waals surface area (Å²) in [4.78, 5) is 17.2. The van der Waals surface area contributed by atoms with Crippen molar-refractivity contribution >= 4 is 8.60 Å². The Hall–Kier alpha value is -0.550. The third-order valence-electron chi connectivity index (χ3n) is 2.38. The standard InChI is InChI=1S/C8H11O3P.C5H12O2/c1-7(11-12(9)10)8-5-3-2-4-6-8;1-5(2,3-6)4-7/h2-7,9-10H,1H3;6-7H,3-4H2,1-2H3. The van der Waals surface area contributed by atoms with Crippen molar-refractivity contribution < 1.29 is 24.5 Å². The zero-order valence-electron chi connectivity index (χ0n) is 11.5. The van der Waals surface area contributed by atoms with Crippen LogP contribution in [0, 0.1) is 5.41 Å². The van der Waals surface area contributed by atoms with Gasteiger partial charge in [-0.3, -0.25) is 0 Å². The number of aliphatic hydroxyl groups excluding tert-OH is 2. The van der Waals surface area contributed by atoms with Gasteiger partial charge in [-0.05, 0) is 12.5 Å². The molecule has 1 aromatic carbocycles. The first-order chi connectivity index (χ1) is 8.82. The second-order valence-corrected chi connectivity index (χ2v) is 5.61. The van der Waals surface area contributed by atoms with E-state index in [-0.39, 0.29) is 24.7 Å². The lowest BCUT2D eigenvalue weighted by atomic mass is 9.97. The van der Waals surface area contributed by atoms with Crippen molar-refractivity contribution in [3.8, 4) is 0 Å². The smallest absolute Gasteiger partial charge is 0.327 e. The molecule has 0 amide bonds. The molecule has 110 valence electrons. The number of hydrogen-bond acceptors (Lipinski definition) is 5. The maximum Gasteiger partial charge on any atom is 0.327 e. The van der Waals surface area contributed by atoms with Crippen LogP contribution in [0.25, 0.3) is 0 Å². The van der Waals surface area contributed by atoms with Gasteiger partial charge in [0.1, 0.15) is 0 Å². The SMILES string of the molecule is CC(C)(CO)CO.CC(OP(O)O)c1ccccc1. The lowest BCUT2D eigenvalue weighted by Crippen LogP contribution is -2.20. The van der Waals surface area contributed by atoms with E-state index in [9.17, 15) is 0 Å². The Balaban J connectivity index is 0.000000399. The highest BCUT2D eigenvalue weighted by atomic mass is 31.2. The molecule has 0 aliphatic heterocycles. The molecule has 1 rings (SSSR count). The molecule has 5 nitrogen and oxygen atoms in total.